The Labute approximate surface area is 91.8 Å². The van der Waals surface area contributed by atoms with Crippen LogP contribution in [0.15, 0.2) is 0 Å². The topological polar surface area (TPSA) is 3.24 Å². The minimum Gasteiger partial charge on any atom is -0.295 e. The molecule has 0 aliphatic heterocycles. The van der Waals surface area contributed by atoms with Gasteiger partial charge in [0, 0.05) is 11.9 Å². The molecular weight excluding hydrogens is 259 g/mol. The van der Waals surface area contributed by atoms with Crippen LogP contribution >= 0.6 is 15.9 Å². The molecule has 0 saturated heterocycles. The summed E-state index contributed by atoms with van der Waals surface area (Å²) in [6.07, 6.45) is -3.18. The molecule has 0 bridgehead atoms. The van der Waals surface area contributed by atoms with Gasteiger partial charge in [-0.2, -0.15) is 13.2 Å². The molecule has 86 valence electrons. The van der Waals surface area contributed by atoms with Gasteiger partial charge in [-0.1, -0.05) is 36.2 Å². The SMILES string of the molecule is CCC(CBr)CN(CC)CC(F)(F)F. The lowest BCUT2D eigenvalue weighted by atomic mass is 10.1. The van der Waals surface area contributed by atoms with Crippen LogP contribution in [0.5, 0.6) is 0 Å². The highest BCUT2D eigenvalue weighted by Crippen LogP contribution is 2.18. The van der Waals surface area contributed by atoms with Crippen LogP contribution in [-0.4, -0.2) is 36.0 Å². The van der Waals surface area contributed by atoms with Crippen molar-refractivity contribution < 1.29 is 13.2 Å². The lowest BCUT2D eigenvalue weighted by Crippen LogP contribution is -2.37. The predicted octanol–water partition coefficient (Wildman–Crippen LogP) is 3.29. The highest BCUT2D eigenvalue weighted by Gasteiger charge is 2.30. The van der Waals surface area contributed by atoms with Gasteiger partial charge in [0.25, 0.3) is 0 Å². The van der Waals surface area contributed by atoms with Gasteiger partial charge in [0.05, 0.1) is 6.54 Å². The molecule has 14 heavy (non-hydrogen) atoms. The van der Waals surface area contributed by atoms with Gasteiger partial charge >= 0.3 is 6.18 Å². The summed E-state index contributed by atoms with van der Waals surface area (Å²) >= 11 is 3.31. The quantitative estimate of drug-likeness (QED) is 0.673. The molecule has 0 aromatic heterocycles. The van der Waals surface area contributed by atoms with Gasteiger partial charge < -0.3 is 0 Å². The zero-order valence-electron chi connectivity index (χ0n) is 8.57. The second-order valence-corrected chi connectivity index (χ2v) is 4.02. The highest BCUT2D eigenvalue weighted by molar-refractivity contribution is 9.09. The summed E-state index contributed by atoms with van der Waals surface area (Å²) in [6, 6.07) is 0. The van der Waals surface area contributed by atoms with Crippen LogP contribution in [0.3, 0.4) is 0 Å². The number of rotatable bonds is 6. The molecule has 1 nitrogen and oxygen atoms in total. The zero-order valence-corrected chi connectivity index (χ0v) is 10.2. The van der Waals surface area contributed by atoms with E-state index in [-0.39, 0.29) is 0 Å². The third-order valence-electron chi connectivity index (χ3n) is 2.16. The molecule has 0 amide bonds. The molecule has 0 aliphatic carbocycles. The molecule has 0 N–H and O–H groups in total. The molecule has 5 heteroatoms. The van der Waals surface area contributed by atoms with Crippen LogP contribution in [-0.2, 0) is 0 Å². The first-order valence-corrected chi connectivity index (χ1v) is 5.90. The molecule has 1 unspecified atom stereocenters. The average molecular weight is 276 g/mol. The summed E-state index contributed by atoms with van der Waals surface area (Å²) in [5.41, 5.74) is 0. The van der Waals surface area contributed by atoms with Gasteiger partial charge in [0.2, 0.25) is 0 Å². The average Bonchev–Trinajstić information content (AvgIpc) is 2.10. The Morgan fingerprint density at radius 3 is 2.14 bits per heavy atom. The molecule has 0 aliphatic rings. The van der Waals surface area contributed by atoms with Crippen molar-refractivity contribution >= 4 is 15.9 Å². The standard InChI is InChI=1S/C9H17BrF3N/c1-3-8(5-10)6-14(4-2)7-9(11,12)13/h8H,3-7H2,1-2H3. The van der Waals surface area contributed by atoms with Gasteiger partial charge in [0.1, 0.15) is 0 Å². The van der Waals surface area contributed by atoms with Crippen molar-refractivity contribution in [3.05, 3.63) is 0 Å². The lowest BCUT2D eigenvalue weighted by molar-refractivity contribution is -0.146. The third-order valence-corrected chi connectivity index (χ3v) is 3.08. The lowest BCUT2D eigenvalue weighted by Gasteiger charge is -2.25. The van der Waals surface area contributed by atoms with Crippen molar-refractivity contribution in [3.8, 4) is 0 Å². The molecule has 0 aromatic carbocycles. The number of halogens is 4. The van der Waals surface area contributed by atoms with Crippen LogP contribution in [0, 0.1) is 5.92 Å². The summed E-state index contributed by atoms with van der Waals surface area (Å²) < 4.78 is 36.3. The van der Waals surface area contributed by atoms with Crippen molar-refractivity contribution in [1.82, 2.24) is 4.90 Å². The molecule has 1 atom stereocenters. The fraction of sp³-hybridized carbons (Fsp3) is 1.00. The Morgan fingerprint density at radius 2 is 1.86 bits per heavy atom. The number of hydrogen-bond donors (Lipinski definition) is 0. The Morgan fingerprint density at radius 1 is 1.29 bits per heavy atom. The fourth-order valence-electron chi connectivity index (χ4n) is 1.21. The van der Waals surface area contributed by atoms with Crippen molar-refractivity contribution in [2.24, 2.45) is 5.92 Å². The van der Waals surface area contributed by atoms with Crippen LogP contribution < -0.4 is 0 Å². The first kappa shape index (κ1) is 14.2. The second kappa shape index (κ2) is 6.67. The first-order valence-electron chi connectivity index (χ1n) is 4.78. The van der Waals surface area contributed by atoms with Gasteiger partial charge in [-0.15, -0.1) is 0 Å². The van der Waals surface area contributed by atoms with E-state index < -0.39 is 12.7 Å². The second-order valence-electron chi connectivity index (χ2n) is 3.37. The number of hydrogen-bond acceptors (Lipinski definition) is 1. The predicted molar refractivity (Wildman–Crippen MR) is 55.7 cm³/mol. The highest BCUT2D eigenvalue weighted by atomic mass is 79.9. The molecule has 0 spiro atoms. The van der Waals surface area contributed by atoms with Gasteiger partial charge in [-0.25, -0.2) is 0 Å². The van der Waals surface area contributed by atoms with Crippen LogP contribution in [0.4, 0.5) is 13.2 Å². The van der Waals surface area contributed by atoms with E-state index in [1.165, 1.54) is 4.90 Å². The molecule has 0 radical (unpaired) electrons. The Balaban J connectivity index is 4.01. The summed E-state index contributed by atoms with van der Waals surface area (Å²) in [5.74, 6) is 0.303. The smallest absolute Gasteiger partial charge is 0.295 e. The maximum Gasteiger partial charge on any atom is 0.401 e. The third kappa shape index (κ3) is 6.65. The maximum absolute atomic E-state index is 12.1. The van der Waals surface area contributed by atoms with E-state index in [0.717, 1.165) is 11.8 Å². The van der Waals surface area contributed by atoms with Crippen LogP contribution in [0.1, 0.15) is 20.3 Å². The van der Waals surface area contributed by atoms with Crippen molar-refractivity contribution in [3.63, 3.8) is 0 Å². The van der Waals surface area contributed by atoms with Gasteiger partial charge in [-0.3, -0.25) is 4.90 Å². The van der Waals surface area contributed by atoms with E-state index >= 15 is 0 Å². The van der Waals surface area contributed by atoms with E-state index in [4.69, 9.17) is 0 Å². The molecule has 0 rings (SSSR count). The summed E-state index contributed by atoms with van der Waals surface area (Å²) in [5, 5.41) is 0.762. The van der Waals surface area contributed by atoms with Crippen molar-refractivity contribution in [2.75, 3.05) is 25.0 Å². The van der Waals surface area contributed by atoms with Crippen molar-refractivity contribution in [2.45, 2.75) is 26.4 Å². The van der Waals surface area contributed by atoms with E-state index in [9.17, 15) is 13.2 Å². The number of nitrogens with zero attached hydrogens (tertiary/aromatic N) is 1. The molecule has 0 heterocycles. The van der Waals surface area contributed by atoms with Crippen LogP contribution in [0.25, 0.3) is 0 Å². The van der Waals surface area contributed by atoms with E-state index in [1.807, 2.05) is 6.92 Å². The van der Waals surface area contributed by atoms with E-state index in [2.05, 4.69) is 15.9 Å². The van der Waals surface area contributed by atoms with Crippen LogP contribution in [0.2, 0.25) is 0 Å². The number of alkyl halides is 4. The van der Waals surface area contributed by atoms with E-state index in [0.29, 0.717) is 19.0 Å². The molecule has 0 fully saturated rings. The van der Waals surface area contributed by atoms with E-state index in [1.54, 1.807) is 6.92 Å². The monoisotopic (exact) mass is 275 g/mol. The molecule has 0 aromatic rings. The summed E-state index contributed by atoms with van der Waals surface area (Å²) in [4.78, 5) is 1.44. The largest absolute Gasteiger partial charge is 0.401 e. The minimum atomic E-state index is -4.08. The summed E-state index contributed by atoms with van der Waals surface area (Å²) in [7, 11) is 0. The van der Waals surface area contributed by atoms with Crippen molar-refractivity contribution in [1.29, 1.82) is 0 Å². The Hall–Kier alpha value is 0.230. The normalized spacial score (nSPS) is 14.8. The Kier molecular flexibility index (Phi) is 6.78. The summed E-state index contributed by atoms with van der Waals surface area (Å²) in [6.45, 7) is 3.91. The molecule has 0 saturated carbocycles. The Bertz CT molecular complexity index is 145. The minimum absolute atomic E-state index is 0.303. The fourth-order valence-corrected chi connectivity index (χ4v) is 1.87. The maximum atomic E-state index is 12.1. The molecular formula is C9H17BrF3N. The van der Waals surface area contributed by atoms with Gasteiger partial charge in [0.15, 0.2) is 0 Å². The zero-order chi connectivity index (χ0) is 11.2. The van der Waals surface area contributed by atoms with Gasteiger partial charge in [-0.05, 0) is 12.5 Å². The first-order chi connectivity index (χ1) is 6.42.